The molecule has 0 heteroatoms. The highest BCUT2D eigenvalue weighted by Gasteiger charge is 2.29. The SMILES string of the molecule is CC1=Cc2cc3c(cc2[CH]1)CC(C)(C)C3. The zero-order chi connectivity index (χ0) is 10.6. The maximum atomic E-state index is 2.40. The van der Waals surface area contributed by atoms with Gasteiger partial charge in [-0.15, -0.1) is 0 Å². The number of fused-ring (bicyclic) bond motifs is 2. The van der Waals surface area contributed by atoms with Gasteiger partial charge in [-0.1, -0.05) is 37.6 Å². The molecule has 0 saturated carbocycles. The summed E-state index contributed by atoms with van der Waals surface area (Å²) in [4.78, 5) is 0. The molecule has 15 heavy (non-hydrogen) atoms. The van der Waals surface area contributed by atoms with Crippen molar-refractivity contribution in [3.63, 3.8) is 0 Å². The molecule has 0 unspecified atom stereocenters. The van der Waals surface area contributed by atoms with Gasteiger partial charge in [0, 0.05) is 6.42 Å². The van der Waals surface area contributed by atoms with Gasteiger partial charge in [0.1, 0.15) is 0 Å². The smallest absolute Gasteiger partial charge is 0.0161 e. The lowest BCUT2D eigenvalue weighted by atomic mass is 9.90. The Labute approximate surface area is 92.0 Å². The summed E-state index contributed by atoms with van der Waals surface area (Å²) in [6.45, 7) is 6.90. The first kappa shape index (κ1) is 9.21. The average molecular weight is 197 g/mol. The number of hydrogen-bond donors (Lipinski definition) is 0. The monoisotopic (exact) mass is 197 g/mol. The molecule has 1 aromatic carbocycles. The predicted molar refractivity (Wildman–Crippen MR) is 64.7 cm³/mol. The first-order valence-corrected chi connectivity index (χ1v) is 5.72. The van der Waals surface area contributed by atoms with Crippen LogP contribution in [0.2, 0.25) is 0 Å². The largest absolute Gasteiger partial charge is 0.0643 e. The van der Waals surface area contributed by atoms with E-state index in [9.17, 15) is 0 Å². The molecule has 0 nitrogen and oxygen atoms in total. The van der Waals surface area contributed by atoms with Crippen LogP contribution in [0.1, 0.15) is 43.0 Å². The molecule has 1 radical (unpaired) electrons. The normalized spacial score (nSPS) is 21.1. The zero-order valence-corrected chi connectivity index (χ0v) is 9.72. The van der Waals surface area contributed by atoms with Gasteiger partial charge in [-0.3, -0.25) is 0 Å². The van der Waals surface area contributed by atoms with Crippen LogP contribution < -0.4 is 0 Å². The Balaban J connectivity index is 2.08. The first-order valence-electron chi connectivity index (χ1n) is 5.72. The van der Waals surface area contributed by atoms with E-state index < -0.39 is 0 Å². The average Bonchev–Trinajstić information content (AvgIpc) is 2.55. The molecule has 3 rings (SSSR count). The van der Waals surface area contributed by atoms with Gasteiger partial charge in [0.15, 0.2) is 0 Å². The van der Waals surface area contributed by atoms with Crippen LogP contribution in [-0.2, 0) is 12.8 Å². The second-order valence-electron chi connectivity index (χ2n) is 5.80. The molecule has 1 aromatic rings. The maximum absolute atomic E-state index is 2.40. The van der Waals surface area contributed by atoms with Gasteiger partial charge >= 0.3 is 0 Å². The quantitative estimate of drug-likeness (QED) is 0.593. The molecule has 2 aliphatic carbocycles. The van der Waals surface area contributed by atoms with Crippen molar-refractivity contribution >= 4 is 6.08 Å². The van der Waals surface area contributed by atoms with E-state index in [1.807, 2.05) is 0 Å². The van der Waals surface area contributed by atoms with Crippen molar-refractivity contribution in [2.24, 2.45) is 5.41 Å². The fraction of sp³-hybridized carbons (Fsp3) is 0.400. The Bertz CT molecular complexity index is 461. The van der Waals surface area contributed by atoms with Crippen molar-refractivity contribution < 1.29 is 0 Å². The van der Waals surface area contributed by atoms with Crippen LogP contribution in [0.5, 0.6) is 0 Å². The summed E-state index contributed by atoms with van der Waals surface area (Å²) in [7, 11) is 0. The van der Waals surface area contributed by atoms with Crippen molar-refractivity contribution in [2.75, 3.05) is 0 Å². The van der Waals surface area contributed by atoms with Crippen molar-refractivity contribution in [1.29, 1.82) is 0 Å². The van der Waals surface area contributed by atoms with Crippen LogP contribution >= 0.6 is 0 Å². The standard InChI is InChI=1S/C15H17/c1-10-4-11-6-13-8-15(2,3)9-14(13)7-12(11)5-10/h4-7H,8-9H2,1-3H3. The Kier molecular flexibility index (Phi) is 1.69. The molecule has 77 valence electrons. The van der Waals surface area contributed by atoms with Gasteiger partial charge in [0.25, 0.3) is 0 Å². The number of allylic oxidation sites excluding steroid dienone is 1. The maximum Gasteiger partial charge on any atom is 0.0161 e. The minimum Gasteiger partial charge on any atom is -0.0643 e. The highest BCUT2D eigenvalue weighted by molar-refractivity contribution is 5.70. The lowest BCUT2D eigenvalue weighted by molar-refractivity contribution is 0.392. The third-order valence-electron chi connectivity index (χ3n) is 3.51. The molecule has 0 atom stereocenters. The third kappa shape index (κ3) is 1.43. The molecule has 0 bridgehead atoms. The fourth-order valence-corrected chi connectivity index (χ4v) is 2.93. The van der Waals surface area contributed by atoms with Crippen molar-refractivity contribution in [3.8, 4) is 0 Å². The Morgan fingerprint density at radius 3 is 2.27 bits per heavy atom. The van der Waals surface area contributed by atoms with E-state index >= 15 is 0 Å². The van der Waals surface area contributed by atoms with E-state index in [0.29, 0.717) is 5.41 Å². The zero-order valence-electron chi connectivity index (χ0n) is 9.72. The second-order valence-corrected chi connectivity index (χ2v) is 5.80. The molecule has 2 aliphatic rings. The second kappa shape index (κ2) is 2.75. The van der Waals surface area contributed by atoms with Crippen LogP contribution in [0.25, 0.3) is 6.08 Å². The number of hydrogen-bond acceptors (Lipinski definition) is 0. The van der Waals surface area contributed by atoms with Gasteiger partial charge in [0.05, 0.1) is 0 Å². The Morgan fingerprint density at radius 2 is 1.60 bits per heavy atom. The Hall–Kier alpha value is -1.04. The molecular formula is C15H17. The number of benzene rings is 1. The summed E-state index contributed by atoms with van der Waals surface area (Å²) in [5, 5.41) is 0. The lowest BCUT2D eigenvalue weighted by Crippen LogP contribution is -2.09. The lowest BCUT2D eigenvalue weighted by Gasteiger charge is -2.14. The molecule has 0 spiro atoms. The van der Waals surface area contributed by atoms with Crippen LogP contribution in [0, 0.1) is 11.8 Å². The molecule has 0 aromatic heterocycles. The molecule has 0 amide bonds. The van der Waals surface area contributed by atoms with Gasteiger partial charge in [-0.25, -0.2) is 0 Å². The number of rotatable bonds is 0. The van der Waals surface area contributed by atoms with E-state index in [1.165, 1.54) is 29.5 Å². The van der Waals surface area contributed by atoms with E-state index in [2.05, 4.69) is 45.4 Å². The molecule has 0 heterocycles. The van der Waals surface area contributed by atoms with Crippen LogP contribution in [-0.4, -0.2) is 0 Å². The molecule has 0 fully saturated rings. The summed E-state index contributed by atoms with van der Waals surface area (Å²) < 4.78 is 0. The van der Waals surface area contributed by atoms with Gasteiger partial charge in [-0.05, 0) is 47.4 Å². The van der Waals surface area contributed by atoms with Gasteiger partial charge in [0.2, 0.25) is 0 Å². The van der Waals surface area contributed by atoms with Crippen molar-refractivity contribution in [2.45, 2.75) is 33.6 Å². The van der Waals surface area contributed by atoms with E-state index in [4.69, 9.17) is 0 Å². The summed E-state index contributed by atoms with van der Waals surface area (Å²) >= 11 is 0. The molecule has 0 N–H and O–H groups in total. The van der Waals surface area contributed by atoms with Crippen LogP contribution in [0.3, 0.4) is 0 Å². The first-order chi connectivity index (χ1) is 7.03. The predicted octanol–water partition coefficient (Wildman–Crippen LogP) is 3.78. The van der Waals surface area contributed by atoms with E-state index in [-0.39, 0.29) is 0 Å². The molecule has 0 aliphatic heterocycles. The van der Waals surface area contributed by atoms with E-state index in [1.54, 1.807) is 11.1 Å². The minimum atomic E-state index is 0.468. The highest BCUT2D eigenvalue weighted by atomic mass is 14.3. The molecular weight excluding hydrogens is 180 g/mol. The van der Waals surface area contributed by atoms with E-state index in [0.717, 1.165) is 0 Å². The summed E-state index contributed by atoms with van der Waals surface area (Å²) in [5.41, 5.74) is 7.83. The van der Waals surface area contributed by atoms with Crippen LogP contribution in [0.15, 0.2) is 17.7 Å². The van der Waals surface area contributed by atoms with Crippen molar-refractivity contribution in [3.05, 3.63) is 46.4 Å². The van der Waals surface area contributed by atoms with Gasteiger partial charge < -0.3 is 0 Å². The Morgan fingerprint density at radius 1 is 1.00 bits per heavy atom. The van der Waals surface area contributed by atoms with Gasteiger partial charge in [-0.2, -0.15) is 0 Å². The summed E-state index contributed by atoms with van der Waals surface area (Å²) in [6, 6.07) is 4.79. The molecule has 0 saturated heterocycles. The van der Waals surface area contributed by atoms with Crippen LogP contribution in [0.4, 0.5) is 0 Å². The minimum absolute atomic E-state index is 0.468. The highest BCUT2D eigenvalue weighted by Crippen LogP contribution is 2.39. The fourth-order valence-electron chi connectivity index (χ4n) is 2.93. The third-order valence-corrected chi connectivity index (χ3v) is 3.51. The van der Waals surface area contributed by atoms with Crippen molar-refractivity contribution in [1.82, 2.24) is 0 Å². The topological polar surface area (TPSA) is 0 Å². The summed E-state index contributed by atoms with van der Waals surface area (Å²) in [6.07, 6.45) is 7.06. The summed E-state index contributed by atoms with van der Waals surface area (Å²) in [5.74, 6) is 0.